The maximum absolute atomic E-state index is 12.5. The highest BCUT2D eigenvalue weighted by Crippen LogP contribution is 2.26. The molecule has 0 unspecified atom stereocenters. The normalized spacial score (nSPS) is 13.5. The number of benzene rings is 1. The summed E-state index contributed by atoms with van der Waals surface area (Å²) in [5.41, 5.74) is 1.35. The van der Waals surface area contributed by atoms with Gasteiger partial charge in [0, 0.05) is 30.9 Å². The van der Waals surface area contributed by atoms with Crippen molar-refractivity contribution in [3.05, 3.63) is 46.7 Å². The zero-order valence-electron chi connectivity index (χ0n) is 13.6. The van der Waals surface area contributed by atoms with Gasteiger partial charge in [-0.3, -0.25) is 4.68 Å². The molecule has 2 aromatic rings. The van der Waals surface area contributed by atoms with E-state index in [0.29, 0.717) is 10.7 Å². The molecule has 0 aliphatic rings. The minimum Gasteiger partial charge on any atom is -0.301 e. The van der Waals surface area contributed by atoms with E-state index in [9.17, 15) is 8.42 Å². The second-order valence-corrected chi connectivity index (χ2v) is 7.75. The van der Waals surface area contributed by atoms with Crippen LogP contribution in [0.25, 0.3) is 0 Å². The lowest BCUT2D eigenvalue weighted by Gasteiger charge is -2.25. The van der Waals surface area contributed by atoms with Crippen LogP contribution in [0.15, 0.2) is 35.4 Å². The molecule has 126 valence electrons. The Kier molecular flexibility index (Phi) is 5.46. The lowest BCUT2D eigenvalue weighted by Crippen LogP contribution is -2.34. The Morgan fingerprint density at radius 1 is 1.35 bits per heavy atom. The summed E-state index contributed by atoms with van der Waals surface area (Å²) in [5, 5.41) is 4.69. The molecule has 0 aliphatic carbocycles. The van der Waals surface area contributed by atoms with E-state index >= 15 is 0 Å². The summed E-state index contributed by atoms with van der Waals surface area (Å²) in [6.45, 7) is 1.89. The third kappa shape index (κ3) is 4.11. The van der Waals surface area contributed by atoms with Crippen molar-refractivity contribution in [2.24, 2.45) is 7.05 Å². The summed E-state index contributed by atoms with van der Waals surface area (Å²) in [6.07, 6.45) is 1.50. The van der Waals surface area contributed by atoms with Gasteiger partial charge < -0.3 is 4.90 Å². The molecule has 1 aromatic carbocycles. The van der Waals surface area contributed by atoms with Crippen molar-refractivity contribution in [3.63, 3.8) is 0 Å². The average Bonchev–Trinajstić information content (AvgIpc) is 2.80. The molecule has 1 atom stereocenters. The van der Waals surface area contributed by atoms with Crippen LogP contribution in [-0.4, -0.2) is 43.7 Å². The van der Waals surface area contributed by atoms with Crippen LogP contribution in [0.3, 0.4) is 0 Å². The lowest BCUT2D eigenvalue weighted by atomic mass is 10.1. The molecular formula is C15H21ClN4O2S. The Hall–Kier alpha value is -1.41. The van der Waals surface area contributed by atoms with Crippen LogP contribution in [0.2, 0.25) is 5.02 Å². The van der Waals surface area contributed by atoms with E-state index in [-0.39, 0.29) is 17.5 Å². The second kappa shape index (κ2) is 7.00. The fraction of sp³-hybridized carbons (Fsp3) is 0.400. The smallest absolute Gasteiger partial charge is 0.244 e. The first-order chi connectivity index (χ1) is 10.7. The molecule has 0 saturated heterocycles. The van der Waals surface area contributed by atoms with Crippen molar-refractivity contribution < 1.29 is 8.42 Å². The number of aryl methyl sites for hydroxylation is 2. The summed E-state index contributed by atoms with van der Waals surface area (Å²) < 4.78 is 29.1. The molecule has 1 heterocycles. The van der Waals surface area contributed by atoms with Gasteiger partial charge in [0.25, 0.3) is 0 Å². The van der Waals surface area contributed by atoms with E-state index in [0.717, 1.165) is 5.56 Å². The van der Waals surface area contributed by atoms with Gasteiger partial charge in [0.15, 0.2) is 0 Å². The molecule has 0 amide bonds. The molecule has 0 saturated carbocycles. The number of aromatic nitrogens is 2. The summed E-state index contributed by atoms with van der Waals surface area (Å²) >= 11 is 6.24. The highest BCUT2D eigenvalue weighted by molar-refractivity contribution is 7.89. The number of nitrogens with zero attached hydrogens (tertiary/aromatic N) is 3. The van der Waals surface area contributed by atoms with Crippen molar-refractivity contribution in [1.29, 1.82) is 0 Å². The van der Waals surface area contributed by atoms with E-state index in [1.807, 2.05) is 37.2 Å². The maximum atomic E-state index is 12.5. The Balaban J connectivity index is 2.23. The predicted octanol–water partition coefficient (Wildman–Crippen LogP) is 1.96. The zero-order chi connectivity index (χ0) is 17.2. The third-order valence-electron chi connectivity index (χ3n) is 3.61. The molecule has 0 aliphatic heterocycles. The van der Waals surface area contributed by atoms with E-state index in [4.69, 9.17) is 11.6 Å². The Labute approximate surface area is 142 Å². The van der Waals surface area contributed by atoms with Gasteiger partial charge in [-0.15, -0.1) is 0 Å². The number of hydrogen-bond donors (Lipinski definition) is 1. The van der Waals surface area contributed by atoms with Gasteiger partial charge in [0.1, 0.15) is 4.90 Å². The SMILES string of the molecule is Cc1nn(C)cc1S(=O)(=O)NC[C@H](c1ccccc1Cl)N(C)C. The first-order valence-corrected chi connectivity index (χ1v) is 8.99. The van der Waals surface area contributed by atoms with Gasteiger partial charge in [-0.05, 0) is 32.6 Å². The highest BCUT2D eigenvalue weighted by Gasteiger charge is 2.23. The fourth-order valence-electron chi connectivity index (χ4n) is 2.42. The van der Waals surface area contributed by atoms with Gasteiger partial charge in [0.2, 0.25) is 10.0 Å². The van der Waals surface area contributed by atoms with Crippen LogP contribution in [0.4, 0.5) is 0 Å². The van der Waals surface area contributed by atoms with Crippen LogP contribution in [0, 0.1) is 6.92 Å². The quantitative estimate of drug-likeness (QED) is 0.859. The molecule has 1 aromatic heterocycles. The van der Waals surface area contributed by atoms with Crippen molar-refractivity contribution in [1.82, 2.24) is 19.4 Å². The van der Waals surface area contributed by atoms with Gasteiger partial charge in [-0.25, -0.2) is 13.1 Å². The minimum absolute atomic E-state index is 0.171. The molecule has 6 nitrogen and oxygen atoms in total. The number of sulfonamides is 1. The second-order valence-electron chi connectivity index (χ2n) is 5.61. The average molecular weight is 357 g/mol. The molecule has 8 heteroatoms. The largest absolute Gasteiger partial charge is 0.301 e. The third-order valence-corrected chi connectivity index (χ3v) is 5.48. The lowest BCUT2D eigenvalue weighted by molar-refractivity contribution is 0.299. The number of halogens is 1. The van der Waals surface area contributed by atoms with Crippen molar-refractivity contribution in [2.75, 3.05) is 20.6 Å². The minimum atomic E-state index is -3.62. The van der Waals surface area contributed by atoms with Gasteiger partial charge >= 0.3 is 0 Å². The summed E-state index contributed by atoms with van der Waals surface area (Å²) in [7, 11) is 1.84. The van der Waals surface area contributed by atoms with Crippen molar-refractivity contribution >= 4 is 21.6 Å². The molecule has 2 rings (SSSR count). The van der Waals surface area contributed by atoms with Crippen LogP contribution < -0.4 is 4.72 Å². The van der Waals surface area contributed by atoms with Crippen LogP contribution >= 0.6 is 11.6 Å². The first-order valence-electron chi connectivity index (χ1n) is 7.13. The van der Waals surface area contributed by atoms with Gasteiger partial charge in [-0.1, -0.05) is 29.8 Å². The fourth-order valence-corrected chi connectivity index (χ4v) is 3.94. The Bertz CT molecular complexity index is 787. The van der Waals surface area contributed by atoms with E-state index in [1.165, 1.54) is 10.9 Å². The summed E-state index contributed by atoms with van der Waals surface area (Å²) in [4.78, 5) is 2.12. The summed E-state index contributed by atoms with van der Waals surface area (Å²) in [6, 6.07) is 7.26. The van der Waals surface area contributed by atoms with Crippen molar-refractivity contribution in [3.8, 4) is 0 Å². The molecule has 0 bridgehead atoms. The highest BCUT2D eigenvalue weighted by atomic mass is 35.5. The van der Waals surface area contributed by atoms with E-state index in [1.54, 1.807) is 20.0 Å². The van der Waals surface area contributed by atoms with Crippen LogP contribution in [-0.2, 0) is 17.1 Å². The summed E-state index contributed by atoms with van der Waals surface area (Å²) in [5.74, 6) is 0. The Morgan fingerprint density at radius 2 is 2.00 bits per heavy atom. The van der Waals surface area contributed by atoms with E-state index < -0.39 is 10.0 Å². The number of rotatable bonds is 6. The monoisotopic (exact) mass is 356 g/mol. The molecule has 23 heavy (non-hydrogen) atoms. The van der Waals surface area contributed by atoms with Crippen LogP contribution in [0.1, 0.15) is 17.3 Å². The Morgan fingerprint density at radius 3 is 2.52 bits per heavy atom. The van der Waals surface area contributed by atoms with Gasteiger partial charge in [0.05, 0.1) is 5.69 Å². The molecule has 0 fully saturated rings. The van der Waals surface area contributed by atoms with E-state index in [2.05, 4.69) is 9.82 Å². The van der Waals surface area contributed by atoms with Crippen LogP contribution in [0.5, 0.6) is 0 Å². The number of nitrogens with one attached hydrogen (secondary N) is 1. The molecule has 0 radical (unpaired) electrons. The van der Waals surface area contributed by atoms with Crippen molar-refractivity contribution in [2.45, 2.75) is 17.9 Å². The predicted molar refractivity (Wildman–Crippen MR) is 91.0 cm³/mol. The standard InChI is InChI=1S/C15H21ClN4O2S/c1-11-15(10-20(4)18-11)23(21,22)17-9-14(19(2)3)12-7-5-6-8-13(12)16/h5-8,10,14,17H,9H2,1-4H3/t14-/m1/s1. The molecule has 0 spiro atoms. The molecule has 1 N–H and O–H groups in total. The first kappa shape index (κ1) is 17.9. The molecular weight excluding hydrogens is 336 g/mol. The van der Waals surface area contributed by atoms with Gasteiger partial charge in [-0.2, -0.15) is 5.10 Å². The number of hydrogen-bond acceptors (Lipinski definition) is 4. The zero-order valence-corrected chi connectivity index (χ0v) is 15.2. The maximum Gasteiger partial charge on any atom is 0.244 e. The topological polar surface area (TPSA) is 67.2 Å². The number of likely N-dealkylation sites (N-methyl/N-ethyl adjacent to an activating group) is 1.